The van der Waals surface area contributed by atoms with Gasteiger partial charge in [0.1, 0.15) is 0 Å². The minimum Gasteiger partial charge on any atom is -0.383 e. The first-order valence-electron chi connectivity index (χ1n) is 7.39. The SMILES string of the molecule is COCCNC1CSC2(C1)CN(C(=O)c1ccnc(F)c1)C2. The summed E-state index contributed by atoms with van der Waals surface area (Å²) in [7, 11) is 1.70. The highest BCUT2D eigenvalue weighted by Crippen LogP contribution is 2.45. The van der Waals surface area contributed by atoms with E-state index in [9.17, 15) is 9.18 Å². The Kier molecular flexibility index (Phi) is 4.65. The van der Waals surface area contributed by atoms with Gasteiger partial charge in [0.15, 0.2) is 0 Å². The quantitative estimate of drug-likeness (QED) is 0.650. The smallest absolute Gasteiger partial charge is 0.254 e. The topological polar surface area (TPSA) is 54.5 Å². The summed E-state index contributed by atoms with van der Waals surface area (Å²) < 4.78 is 18.3. The van der Waals surface area contributed by atoms with Crippen molar-refractivity contribution in [2.45, 2.75) is 17.2 Å². The monoisotopic (exact) mass is 325 g/mol. The standard InChI is InChI=1S/C15H20FN3O2S/c1-21-5-4-17-12-7-15(22-8-12)9-19(10-15)14(20)11-2-3-18-13(16)6-11/h2-3,6,12,17H,4-5,7-10H2,1H3. The molecule has 7 heteroatoms. The van der Waals surface area contributed by atoms with E-state index in [1.807, 2.05) is 11.8 Å². The molecule has 2 aliphatic heterocycles. The normalized spacial score (nSPS) is 22.8. The zero-order valence-electron chi connectivity index (χ0n) is 12.5. The first-order chi connectivity index (χ1) is 10.6. The number of amides is 1. The van der Waals surface area contributed by atoms with Crippen LogP contribution in [-0.2, 0) is 4.74 Å². The number of thioether (sulfide) groups is 1. The number of halogens is 1. The third kappa shape index (κ3) is 3.26. The van der Waals surface area contributed by atoms with E-state index < -0.39 is 5.95 Å². The van der Waals surface area contributed by atoms with Crippen LogP contribution in [0.1, 0.15) is 16.8 Å². The van der Waals surface area contributed by atoms with Crippen molar-refractivity contribution in [2.75, 3.05) is 39.1 Å². The molecule has 1 aromatic rings. The van der Waals surface area contributed by atoms with Crippen LogP contribution >= 0.6 is 11.8 Å². The average Bonchev–Trinajstić information content (AvgIpc) is 2.90. The number of carbonyl (C=O) groups is 1. The van der Waals surface area contributed by atoms with Gasteiger partial charge in [-0.05, 0) is 12.5 Å². The molecule has 1 aromatic heterocycles. The second kappa shape index (κ2) is 6.52. The lowest BCUT2D eigenvalue weighted by Crippen LogP contribution is -2.61. The predicted octanol–water partition coefficient (Wildman–Crippen LogP) is 1.16. The van der Waals surface area contributed by atoms with Crippen LogP contribution in [0.5, 0.6) is 0 Å². The molecular formula is C15H20FN3O2S. The number of carbonyl (C=O) groups excluding carboxylic acids is 1. The van der Waals surface area contributed by atoms with Crippen molar-refractivity contribution in [3.63, 3.8) is 0 Å². The largest absolute Gasteiger partial charge is 0.383 e. The molecule has 1 spiro atoms. The fourth-order valence-corrected chi connectivity index (χ4v) is 4.68. The Morgan fingerprint density at radius 3 is 3.18 bits per heavy atom. The molecule has 1 amide bonds. The first kappa shape index (κ1) is 15.7. The van der Waals surface area contributed by atoms with Crippen LogP contribution in [0.15, 0.2) is 18.3 Å². The molecule has 0 aromatic carbocycles. The van der Waals surface area contributed by atoms with Crippen molar-refractivity contribution in [3.05, 3.63) is 29.8 Å². The van der Waals surface area contributed by atoms with Crippen LogP contribution < -0.4 is 5.32 Å². The van der Waals surface area contributed by atoms with Crippen LogP contribution in [0.4, 0.5) is 4.39 Å². The third-order valence-electron chi connectivity index (χ3n) is 4.17. The Balaban J connectivity index is 1.50. The lowest BCUT2D eigenvalue weighted by Gasteiger charge is -2.47. The predicted molar refractivity (Wildman–Crippen MR) is 83.6 cm³/mol. The van der Waals surface area contributed by atoms with Crippen molar-refractivity contribution < 1.29 is 13.9 Å². The molecular weight excluding hydrogens is 305 g/mol. The van der Waals surface area contributed by atoms with Crippen LogP contribution in [0.2, 0.25) is 0 Å². The summed E-state index contributed by atoms with van der Waals surface area (Å²) >= 11 is 1.93. The van der Waals surface area contributed by atoms with E-state index in [4.69, 9.17) is 4.74 Å². The van der Waals surface area contributed by atoms with Gasteiger partial charge in [-0.15, -0.1) is 11.8 Å². The second-order valence-electron chi connectivity index (χ2n) is 5.87. The van der Waals surface area contributed by atoms with E-state index in [0.29, 0.717) is 18.2 Å². The number of hydrogen-bond acceptors (Lipinski definition) is 5. The van der Waals surface area contributed by atoms with Gasteiger partial charge >= 0.3 is 0 Å². The zero-order chi connectivity index (χ0) is 15.6. The summed E-state index contributed by atoms with van der Waals surface area (Å²) in [5.41, 5.74) is 0.375. The molecule has 0 saturated carbocycles. The van der Waals surface area contributed by atoms with E-state index >= 15 is 0 Å². The average molecular weight is 325 g/mol. The zero-order valence-corrected chi connectivity index (χ0v) is 13.4. The summed E-state index contributed by atoms with van der Waals surface area (Å²) in [5, 5.41) is 3.48. The van der Waals surface area contributed by atoms with Crippen molar-refractivity contribution in [1.29, 1.82) is 0 Å². The van der Waals surface area contributed by atoms with E-state index in [2.05, 4.69) is 10.3 Å². The molecule has 120 valence electrons. The Morgan fingerprint density at radius 1 is 1.64 bits per heavy atom. The van der Waals surface area contributed by atoms with Gasteiger partial charge in [-0.1, -0.05) is 0 Å². The van der Waals surface area contributed by atoms with E-state index in [0.717, 1.165) is 31.8 Å². The van der Waals surface area contributed by atoms with Crippen LogP contribution in [-0.4, -0.2) is 65.7 Å². The molecule has 1 atom stereocenters. The Hall–Kier alpha value is -1.18. The number of hydrogen-bond donors (Lipinski definition) is 1. The maximum Gasteiger partial charge on any atom is 0.254 e. The molecule has 1 unspecified atom stereocenters. The fourth-order valence-electron chi connectivity index (χ4n) is 3.07. The summed E-state index contributed by atoms with van der Waals surface area (Å²) in [6, 6.07) is 3.24. The number of aromatic nitrogens is 1. The summed E-state index contributed by atoms with van der Waals surface area (Å²) in [4.78, 5) is 17.6. The molecule has 0 bridgehead atoms. The van der Waals surface area contributed by atoms with Gasteiger partial charge in [0.2, 0.25) is 5.95 Å². The number of ether oxygens (including phenoxy) is 1. The molecule has 0 radical (unpaired) electrons. The van der Waals surface area contributed by atoms with Crippen molar-refractivity contribution >= 4 is 17.7 Å². The molecule has 2 saturated heterocycles. The highest BCUT2D eigenvalue weighted by atomic mass is 32.2. The highest BCUT2D eigenvalue weighted by Gasteiger charge is 2.50. The van der Waals surface area contributed by atoms with Crippen LogP contribution in [0.3, 0.4) is 0 Å². The number of methoxy groups -OCH3 is 1. The van der Waals surface area contributed by atoms with Gasteiger partial charge in [0.25, 0.3) is 5.91 Å². The molecule has 2 aliphatic rings. The molecule has 5 nitrogen and oxygen atoms in total. The number of nitrogens with one attached hydrogen (secondary N) is 1. The van der Waals surface area contributed by atoms with Gasteiger partial charge in [-0.25, -0.2) is 4.98 Å². The molecule has 3 rings (SSSR count). The fraction of sp³-hybridized carbons (Fsp3) is 0.600. The Morgan fingerprint density at radius 2 is 2.45 bits per heavy atom. The van der Waals surface area contributed by atoms with Crippen molar-refractivity contribution in [1.82, 2.24) is 15.2 Å². The van der Waals surface area contributed by atoms with Gasteiger partial charge in [0, 0.05) is 56.4 Å². The second-order valence-corrected chi connectivity index (χ2v) is 7.36. The maximum atomic E-state index is 13.1. The Labute approximate surface area is 133 Å². The molecule has 2 fully saturated rings. The third-order valence-corrected chi connectivity index (χ3v) is 5.77. The summed E-state index contributed by atoms with van der Waals surface area (Å²) in [6.45, 7) is 3.05. The van der Waals surface area contributed by atoms with Crippen LogP contribution in [0, 0.1) is 5.95 Å². The summed E-state index contributed by atoms with van der Waals surface area (Å²) in [6.07, 6.45) is 2.40. The molecule has 3 heterocycles. The molecule has 0 aliphatic carbocycles. The lowest BCUT2D eigenvalue weighted by molar-refractivity contribution is 0.0551. The van der Waals surface area contributed by atoms with E-state index in [1.54, 1.807) is 18.1 Å². The number of rotatable bonds is 5. The van der Waals surface area contributed by atoms with Gasteiger partial charge in [-0.2, -0.15) is 4.39 Å². The van der Waals surface area contributed by atoms with Crippen LogP contribution in [0.25, 0.3) is 0 Å². The van der Waals surface area contributed by atoms with Crippen molar-refractivity contribution in [3.8, 4) is 0 Å². The maximum absolute atomic E-state index is 13.1. The highest BCUT2D eigenvalue weighted by molar-refractivity contribution is 8.01. The molecule has 1 N–H and O–H groups in total. The first-order valence-corrected chi connectivity index (χ1v) is 8.38. The number of likely N-dealkylation sites (tertiary alicyclic amines) is 1. The molecule has 22 heavy (non-hydrogen) atoms. The van der Waals surface area contributed by atoms with Gasteiger partial charge in [-0.3, -0.25) is 4.79 Å². The van der Waals surface area contributed by atoms with E-state index in [1.165, 1.54) is 12.3 Å². The number of pyridine rings is 1. The Bertz CT molecular complexity index is 551. The minimum atomic E-state index is -0.612. The van der Waals surface area contributed by atoms with Gasteiger partial charge < -0.3 is 15.0 Å². The van der Waals surface area contributed by atoms with Gasteiger partial charge in [0.05, 0.1) is 11.4 Å². The van der Waals surface area contributed by atoms with E-state index in [-0.39, 0.29) is 10.7 Å². The lowest BCUT2D eigenvalue weighted by atomic mass is 9.91. The minimum absolute atomic E-state index is 0.108. The summed E-state index contributed by atoms with van der Waals surface area (Å²) in [5.74, 6) is 0.345. The number of nitrogens with zero attached hydrogens (tertiary/aromatic N) is 2. The van der Waals surface area contributed by atoms with Crippen molar-refractivity contribution in [2.24, 2.45) is 0 Å².